The summed E-state index contributed by atoms with van der Waals surface area (Å²) in [5.74, 6) is 1.51. The summed E-state index contributed by atoms with van der Waals surface area (Å²) in [7, 11) is 0. The van der Waals surface area contributed by atoms with E-state index in [4.69, 9.17) is 15.5 Å². The first-order chi connectivity index (χ1) is 16.5. The van der Waals surface area contributed by atoms with E-state index < -0.39 is 5.54 Å². The minimum atomic E-state index is -0.761. The minimum Gasteiger partial charge on any atom is -0.484 e. The number of hydrogen-bond acceptors (Lipinski definition) is 6. The molecule has 2 amide bonds. The molecule has 4 rings (SSSR count). The lowest BCUT2D eigenvalue weighted by atomic mass is 9.76. The van der Waals surface area contributed by atoms with Crippen LogP contribution in [0.4, 0.5) is 0 Å². The number of carbonyl (C=O) groups is 2. The molecule has 3 heterocycles. The lowest BCUT2D eigenvalue weighted by molar-refractivity contribution is -0.136. The van der Waals surface area contributed by atoms with Gasteiger partial charge in [0.15, 0.2) is 12.6 Å². The van der Waals surface area contributed by atoms with Crippen LogP contribution in [0.1, 0.15) is 51.9 Å². The number of amides is 2. The van der Waals surface area contributed by atoms with Gasteiger partial charge in [-0.25, -0.2) is 4.99 Å². The Bertz CT molecular complexity index is 910. The fraction of sp³-hybridized carbons (Fsp3) is 0.615. The number of carbonyl (C=O) groups excluding carboxylic acids is 2. The van der Waals surface area contributed by atoms with Gasteiger partial charge >= 0.3 is 0 Å². The average molecular weight is 468 g/mol. The van der Waals surface area contributed by atoms with Gasteiger partial charge in [-0.3, -0.25) is 19.5 Å². The molecular formula is C26H37N5O3. The summed E-state index contributed by atoms with van der Waals surface area (Å²) in [5.41, 5.74) is 5.59. The number of benzene rings is 1. The Kier molecular flexibility index (Phi) is 7.85. The molecule has 0 spiro atoms. The highest BCUT2D eigenvalue weighted by atomic mass is 16.5. The maximum absolute atomic E-state index is 13.7. The summed E-state index contributed by atoms with van der Waals surface area (Å²) in [4.78, 5) is 39.1. The highest BCUT2D eigenvalue weighted by Crippen LogP contribution is 2.39. The summed E-state index contributed by atoms with van der Waals surface area (Å²) in [6, 6.07) is 9.38. The smallest absolute Gasteiger partial charge is 0.260 e. The summed E-state index contributed by atoms with van der Waals surface area (Å²) in [6.45, 7) is 4.73. The summed E-state index contributed by atoms with van der Waals surface area (Å²) < 4.78 is 5.61. The molecule has 0 aromatic heterocycles. The molecule has 8 heteroatoms. The van der Waals surface area contributed by atoms with Crippen LogP contribution in [0.25, 0.3) is 0 Å². The Labute approximate surface area is 202 Å². The second kappa shape index (κ2) is 11.0. The highest BCUT2D eigenvalue weighted by Gasteiger charge is 2.52. The maximum Gasteiger partial charge on any atom is 0.260 e. The van der Waals surface area contributed by atoms with Gasteiger partial charge in [-0.15, -0.1) is 0 Å². The molecule has 0 radical (unpaired) electrons. The largest absolute Gasteiger partial charge is 0.484 e. The van der Waals surface area contributed by atoms with Gasteiger partial charge < -0.3 is 15.4 Å². The van der Waals surface area contributed by atoms with Gasteiger partial charge in [0.2, 0.25) is 0 Å². The molecule has 8 nitrogen and oxygen atoms in total. The van der Waals surface area contributed by atoms with Gasteiger partial charge in [0, 0.05) is 32.1 Å². The topological polar surface area (TPSA) is 101 Å². The standard InChI is InChI=1S/C26H37N5O3/c1-2-3-13-26(21-8-7-14-28-17-21)24(33)31(25(27)29-26)18-20-11-15-30(16-12-20)23(32)19-34-22-9-5-4-6-10-22/h4-6,9-10,14,20-21H,2-3,7-8,11-13,15-19H2,1H3,(H2,27,29). The van der Waals surface area contributed by atoms with Gasteiger partial charge in [-0.1, -0.05) is 38.0 Å². The maximum atomic E-state index is 13.7. The second-order valence-electron chi connectivity index (χ2n) is 9.66. The molecule has 1 fully saturated rings. The number of rotatable bonds is 9. The first-order valence-corrected chi connectivity index (χ1v) is 12.6. The zero-order chi connectivity index (χ0) is 24.0. The van der Waals surface area contributed by atoms with Crippen LogP contribution in [0.3, 0.4) is 0 Å². The molecule has 1 aromatic carbocycles. The Morgan fingerprint density at radius 3 is 2.65 bits per heavy atom. The van der Waals surface area contributed by atoms with Gasteiger partial charge in [-0.05, 0) is 56.4 Å². The molecule has 184 valence electrons. The summed E-state index contributed by atoms with van der Waals surface area (Å²) in [5, 5.41) is 0. The molecule has 3 aliphatic heterocycles. The first kappa shape index (κ1) is 24.2. The van der Waals surface area contributed by atoms with E-state index in [-0.39, 0.29) is 24.3 Å². The van der Waals surface area contributed by atoms with Crippen molar-refractivity contribution in [3.63, 3.8) is 0 Å². The predicted octanol–water partition coefficient (Wildman–Crippen LogP) is 2.87. The van der Waals surface area contributed by atoms with E-state index >= 15 is 0 Å². The van der Waals surface area contributed by atoms with E-state index in [9.17, 15) is 9.59 Å². The molecule has 1 saturated heterocycles. The Morgan fingerprint density at radius 1 is 1.21 bits per heavy atom. The third kappa shape index (κ3) is 5.26. The van der Waals surface area contributed by atoms with Crippen LogP contribution in [-0.2, 0) is 9.59 Å². The van der Waals surface area contributed by atoms with Crippen LogP contribution in [0.5, 0.6) is 5.75 Å². The molecule has 2 unspecified atom stereocenters. The van der Waals surface area contributed by atoms with Crippen molar-refractivity contribution in [1.82, 2.24) is 9.80 Å². The number of para-hydroxylation sites is 1. The van der Waals surface area contributed by atoms with Crippen LogP contribution >= 0.6 is 0 Å². The van der Waals surface area contributed by atoms with Crippen molar-refractivity contribution >= 4 is 24.0 Å². The Morgan fingerprint density at radius 2 is 1.97 bits per heavy atom. The molecule has 0 saturated carbocycles. The minimum absolute atomic E-state index is 0.00272. The fourth-order valence-corrected chi connectivity index (χ4v) is 5.33. The van der Waals surface area contributed by atoms with Gasteiger partial charge in [0.1, 0.15) is 11.3 Å². The van der Waals surface area contributed by atoms with Crippen molar-refractivity contribution in [2.75, 3.05) is 32.8 Å². The molecule has 2 atom stereocenters. The number of piperidine rings is 1. The average Bonchev–Trinajstić information content (AvgIpc) is 3.12. The molecule has 1 aromatic rings. The number of hydrogen-bond donors (Lipinski definition) is 1. The van der Waals surface area contributed by atoms with Gasteiger partial charge in [0.05, 0.1) is 0 Å². The van der Waals surface area contributed by atoms with E-state index in [1.807, 2.05) is 41.4 Å². The monoisotopic (exact) mass is 467 g/mol. The number of nitrogens with two attached hydrogens (primary N) is 1. The molecule has 0 aliphatic carbocycles. The quantitative estimate of drug-likeness (QED) is 0.603. The van der Waals surface area contributed by atoms with E-state index in [1.54, 1.807) is 4.90 Å². The summed E-state index contributed by atoms with van der Waals surface area (Å²) in [6.07, 6.45) is 8.13. The molecule has 2 N–H and O–H groups in total. The zero-order valence-electron chi connectivity index (χ0n) is 20.2. The van der Waals surface area contributed by atoms with E-state index in [0.29, 0.717) is 43.8 Å². The van der Waals surface area contributed by atoms with Crippen LogP contribution in [0.2, 0.25) is 0 Å². The third-order valence-corrected chi connectivity index (χ3v) is 7.41. The lowest BCUT2D eigenvalue weighted by Crippen LogP contribution is -2.51. The summed E-state index contributed by atoms with van der Waals surface area (Å²) >= 11 is 0. The van der Waals surface area contributed by atoms with Crippen LogP contribution in [0, 0.1) is 11.8 Å². The van der Waals surface area contributed by atoms with Crippen molar-refractivity contribution in [2.45, 2.75) is 57.4 Å². The van der Waals surface area contributed by atoms with Crippen LogP contribution < -0.4 is 10.5 Å². The zero-order valence-corrected chi connectivity index (χ0v) is 20.2. The van der Waals surface area contributed by atoms with Gasteiger partial charge in [-0.2, -0.15) is 0 Å². The number of aliphatic imine (C=N–C) groups is 2. The predicted molar refractivity (Wildman–Crippen MR) is 133 cm³/mol. The molecule has 0 bridgehead atoms. The lowest BCUT2D eigenvalue weighted by Gasteiger charge is -2.36. The van der Waals surface area contributed by atoms with Crippen LogP contribution in [-0.4, -0.2) is 72.1 Å². The van der Waals surface area contributed by atoms with Gasteiger partial charge in [0.25, 0.3) is 11.8 Å². The molecular weight excluding hydrogens is 430 g/mol. The van der Waals surface area contributed by atoms with Crippen molar-refractivity contribution in [3.8, 4) is 5.75 Å². The SMILES string of the molecule is CCCCC1(C2CCC=NC2)N=C(N)N(CC2CCN(C(=O)COc3ccccc3)CC2)C1=O. The number of nitrogens with zero attached hydrogens (tertiary/aromatic N) is 4. The van der Waals surface area contributed by atoms with Crippen molar-refractivity contribution < 1.29 is 14.3 Å². The second-order valence-corrected chi connectivity index (χ2v) is 9.66. The Hall–Kier alpha value is -2.90. The van der Waals surface area contributed by atoms with Crippen molar-refractivity contribution in [3.05, 3.63) is 30.3 Å². The number of guanidine groups is 1. The highest BCUT2D eigenvalue weighted by molar-refractivity contribution is 6.07. The molecule has 3 aliphatic rings. The molecule has 34 heavy (non-hydrogen) atoms. The van der Waals surface area contributed by atoms with E-state index in [1.165, 1.54) is 0 Å². The third-order valence-electron chi connectivity index (χ3n) is 7.41. The van der Waals surface area contributed by atoms with Crippen LogP contribution in [0.15, 0.2) is 40.3 Å². The number of unbranched alkanes of at least 4 members (excludes halogenated alkanes) is 1. The normalized spacial score (nSPS) is 25.5. The van der Waals surface area contributed by atoms with E-state index in [0.717, 1.165) is 44.9 Å². The number of likely N-dealkylation sites (tertiary alicyclic amines) is 1. The van der Waals surface area contributed by atoms with Crippen molar-refractivity contribution in [1.29, 1.82) is 0 Å². The first-order valence-electron chi connectivity index (χ1n) is 12.6. The Balaban J connectivity index is 1.32. The van der Waals surface area contributed by atoms with Crippen molar-refractivity contribution in [2.24, 2.45) is 27.6 Å². The number of ether oxygens (including phenoxy) is 1. The van der Waals surface area contributed by atoms with E-state index in [2.05, 4.69) is 11.9 Å². The fourth-order valence-electron chi connectivity index (χ4n) is 5.33.